The molecule has 0 aromatic rings. The van der Waals surface area contributed by atoms with Crippen LogP contribution in [0.25, 0.3) is 0 Å². The van der Waals surface area contributed by atoms with Crippen molar-refractivity contribution in [2.45, 2.75) is 44.4 Å². The van der Waals surface area contributed by atoms with E-state index >= 15 is 0 Å². The van der Waals surface area contributed by atoms with Crippen molar-refractivity contribution < 1.29 is 0 Å². The van der Waals surface area contributed by atoms with Gasteiger partial charge in [0, 0.05) is 0 Å². The molecule has 1 rings (SSSR count). The molecule has 0 aromatic carbocycles. The van der Waals surface area contributed by atoms with Crippen molar-refractivity contribution in [3.63, 3.8) is 0 Å². The van der Waals surface area contributed by atoms with Crippen LogP contribution in [-0.4, -0.2) is 22.4 Å². The van der Waals surface area contributed by atoms with Crippen LogP contribution in [0.2, 0.25) is 0 Å². The van der Waals surface area contributed by atoms with Gasteiger partial charge in [-0.15, -0.1) is 0 Å². The second kappa shape index (κ2) is 4.33. The Morgan fingerprint density at radius 1 is 1.54 bits per heavy atom. The summed E-state index contributed by atoms with van der Waals surface area (Å²) in [5, 5.41) is 0.490. The standard InChI is InChI=1S/C9H19N3S/c1-9(2,3)11-8(12-10)7-5-4-6-13-7/h7H,4-6,10H2,1-3H3,(H,11,12). The van der Waals surface area contributed by atoms with Gasteiger partial charge in [-0.25, -0.2) is 5.84 Å². The van der Waals surface area contributed by atoms with Crippen LogP contribution in [0.3, 0.4) is 0 Å². The number of hydrazine groups is 1. The minimum atomic E-state index is -0.0369. The number of amidine groups is 1. The Hall–Kier alpha value is -0.220. The smallest absolute Gasteiger partial charge is 0.124 e. The van der Waals surface area contributed by atoms with E-state index in [2.05, 4.69) is 31.2 Å². The lowest BCUT2D eigenvalue weighted by Gasteiger charge is -2.18. The Labute approximate surface area is 84.5 Å². The van der Waals surface area contributed by atoms with Crippen molar-refractivity contribution in [1.82, 2.24) is 5.43 Å². The van der Waals surface area contributed by atoms with Gasteiger partial charge in [0.25, 0.3) is 0 Å². The van der Waals surface area contributed by atoms with Crippen LogP contribution in [0.4, 0.5) is 0 Å². The van der Waals surface area contributed by atoms with E-state index < -0.39 is 0 Å². The summed E-state index contributed by atoms with van der Waals surface area (Å²) in [5.41, 5.74) is 2.69. The molecule has 13 heavy (non-hydrogen) atoms. The molecule has 0 saturated carbocycles. The summed E-state index contributed by atoms with van der Waals surface area (Å²) >= 11 is 1.94. The van der Waals surface area contributed by atoms with Gasteiger partial charge in [0.05, 0.1) is 10.8 Å². The molecule has 76 valence electrons. The molecule has 0 bridgehead atoms. The van der Waals surface area contributed by atoms with E-state index in [0.717, 1.165) is 5.84 Å². The van der Waals surface area contributed by atoms with Gasteiger partial charge in [0.2, 0.25) is 0 Å². The van der Waals surface area contributed by atoms with Crippen LogP contribution in [-0.2, 0) is 0 Å². The number of rotatable bonds is 1. The highest BCUT2D eigenvalue weighted by molar-refractivity contribution is 8.00. The third-order valence-corrected chi connectivity index (χ3v) is 3.22. The molecule has 1 atom stereocenters. The molecule has 0 aliphatic carbocycles. The average Bonchev–Trinajstić information content (AvgIpc) is 2.50. The molecule has 1 aliphatic heterocycles. The van der Waals surface area contributed by atoms with Crippen molar-refractivity contribution in [2.24, 2.45) is 10.8 Å². The summed E-state index contributed by atoms with van der Waals surface area (Å²) in [4.78, 5) is 4.57. The Morgan fingerprint density at radius 3 is 2.62 bits per heavy atom. The molecule has 4 heteroatoms. The summed E-state index contributed by atoms with van der Waals surface area (Å²) in [6.07, 6.45) is 2.48. The molecule has 0 aromatic heterocycles. The lowest BCUT2D eigenvalue weighted by Crippen LogP contribution is -2.39. The molecular formula is C9H19N3S. The van der Waals surface area contributed by atoms with E-state index in [0.29, 0.717) is 5.25 Å². The Kier molecular flexibility index (Phi) is 3.62. The Bertz CT molecular complexity index is 190. The number of thioether (sulfide) groups is 1. The molecule has 3 nitrogen and oxygen atoms in total. The fourth-order valence-corrected chi connectivity index (χ4v) is 2.58. The Morgan fingerprint density at radius 2 is 2.23 bits per heavy atom. The molecule has 0 spiro atoms. The summed E-state index contributed by atoms with van der Waals surface area (Å²) in [7, 11) is 0. The molecule has 1 heterocycles. The number of nitrogens with two attached hydrogens (primary N) is 1. The van der Waals surface area contributed by atoms with E-state index in [1.165, 1.54) is 18.6 Å². The van der Waals surface area contributed by atoms with Crippen LogP contribution in [0.1, 0.15) is 33.6 Å². The zero-order valence-electron chi connectivity index (χ0n) is 8.63. The van der Waals surface area contributed by atoms with Gasteiger partial charge in [-0.2, -0.15) is 11.8 Å². The number of aliphatic imine (C=N–C) groups is 1. The maximum absolute atomic E-state index is 5.47. The summed E-state index contributed by atoms with van der Waals surface area (Å²) in [6, 6.07) is 0. The van der Waals surface area contributed by atoms with Crippen LogP contribution < -0.4 is 11.3 Å². The highest BCUT2D eigenvalue weighted by Gasteiger charge is 2.22. The SMILES string of the molecule is CC(C)(C)N=C(NN)C1CCCS1. The third kappa shape index (κ3) is 3.56. The van der Waals surface area contributed by atoms with Crippen LogP contribution in [0.5, 0.6) is 0 Å². The first-order valence-electron chi connectivity index (χ1n) is 4.71. The minimum Gasteiger partial charge on any atom is -0.311 e. The summed E-state index contributed by atoms with van der Waals surface area (Å²) in [5.74, 6) is 7.65. The van der Waals surface area contributed by atoms with E-state index in [1.807, 2.05) is 11.8 Å². The van der Waals surface area contributed by atoms with Gasteiger partial charge in [0.1, 0.15) is 5.84 Å². The van der Waals surface area contributed by atoms with E-state index in [-0.39, 0.29) is 5.54 Å². The number of hydrogen-bond donors (Lipinski definition) is 2. The summed E-state index contributed by atoms with van der Waals surface area (Å²) in [6.45, 7) is 6.26. The molecule has 0 amide bonds. The fraction of sp³-hybridized carbons (Fsp3) is 0.889. The first-order valence-corrected chi connectivity index (χ1v) is 5.76. The van der Waals surface area contributed by atoms with Crippen LogP contribution >= 0.6 is 11.8 Å². The highest BCUT2D eigenvalue weighted by atomic mass is 32.2. The van der Waals surface area contributed by atoms with E-state index in [4.69, 9.17) is 5.84 Å². The van der Waals surface area contributed by atoms with Gasteiger partial charge >= 0.3 is 0 Å². The van der Waals surface area contributed by atoms with Crippen molar-refractivity contribution in [3.05, 3.63) is 0 Å². The first-order chi connectivity index (χ1) is 6.03. The quantitative estimate of drug-likeness (QED) is 0.293. The zero-order valence-corrected chi connectivity index (χ0v) is 9.45. The molecule has 1 fully saturated rings. The predicted molar refractivity (Wildman–Crippen MR) is 60.0 cm³/mol. The maximum Gasteiger partial charge on any atom is 0.124 e. The van der Waals surface area contributed by atoms with Gasteiger partial charge in [-0.1, -0.05) is 0 Å². The van der Waals surface area contributed by atoms with E-state index in [1.54, 1.807) is 0 Å². The number of hydrogen-bond acceptors (Lipinski definition) is 3. The first kappa shape index (κ1) is 10.9. The van der Waals surface area contributed by atoms with Crippen LogP contribution in [0.15, 0.2) is 4.99 Å². The number of nitrogens with one attached hydrogen (secondary N) is 1. The zero-order chi connectivity index (χ0) is 9.90. The number of nitrogens with zero attached hydrogens (tertiary/aromatic N) is 1. The topological polar surface area (TPSA) is 50.4 Å². The fourth-order valence-electron chi connectivity index (χ4n) is 1.35. The van der Waals surface area contributed by atoms with Gasteiger partial charge in [-0.05, 0) is 39.4 Å². The second-order valence-corrected chi connectivity index (χ2v) is 5.62. The molecule has 3 N–H and O–H groups in total. The maximum atomic E-state index is 5.47. The Balaban J connectivity index is 2.65. The summed E-state index contributed by atoms with van der Waals surface area (Å²) < 4.78 is 0. The van der Waals surface area contributed by atoms with Gasteiger partial charge in [-0.3, -0.25) is 4.99 Å². The molecule has 1 saturated heterocycles. The minimum absolute atomic E-state index is 0.0369. The van der Waals surface area contributed by atoms with Crippen molar-refractivity contribution in [3.8, 4) is 0 Å². The lowest BCUT2D eigenvalue weighted by atomic mass is 10.1. The molecule has 1 unspecified atom stereocenters. The predicted octanol–water partition coefficient (Wildman–Crippen LogP) is 1.54. The van der Waals surface area contributed by atoms with Gasteiger partial charge < -0.3 is 5.43 Å². The van der Waals surface area contributed by atoms with Gasteiger partial charge in [0.15, 0.2) is 0 Å². The lowest BCUT2D eigenvalue weighted by molar-refractivity contribution is 0.576. The molecule has 1 aliphatic rings. The monoisotopic (exact) mass is 201 g/mol. The average molecular weight is 201 g/mol. The van der Waals surface area contributed by atoms with E-state index in [9.17, 15) is 0 Å². The van der Waals surface area contributed by atoms with Crippen molar-refractivity contribution >= 4 is 17.6 Å². The van der Waals surface area contributed by atoms with Crippen molar-refractivity contribution in [2.75, 3.05) is 5.75 Å². The third-order valence-electron chi connectivity index (χ3n) is 1.84. The largest absolute Gasteiger partial charge is 0.311 e. The highest BCUT2D eigenvalue weighted by Crippen LogP contribution is 2.27. The molecule has 0 radical (unpaired) electrons. The molecular weight excluding hydrogens is 182 g/mol. The van der Waals surface area contributed by atoms with Crippen LogP contribution in [0, 0.1) is 0 Å². The normalized spacial score (nSPS) is 24.9. The second-order valence-electron chi connectivity index (χ2n) is 4.31. The van der Waals surface area contributed by atoms with Crippen molar-refractivity contribution in [1.29, 1.82) is 0 Å².